The quantitative estimate of drug-likeness (QED) is 0.881. The summed E-state index contributed by atoms with van der Waals surface area (Å²) in [7, 11) is 2.89. The zero-order chi connectivity index (χ0) is 15.8. The molecular formula is C14H18Cl2O5. The lowest BCUT2D eigenvalue weighted by atomic mass is 9.88. The minimum atomic E-state index is -1.43. The Hall–Kier alpha value is -0.400. The van der Waals surface area contributed by atoms with Gasteiger partial charge in [0.1, 0.15) is 23.9 Å². The van der Waals surface area contributed by atoms with Gasteiger partial charge in [-0.1, -0.05) is 29.3 Å². The number of benzene rings is 1. The molecular weight excluding hydrogens is 319 g/mol. The minimum absolute atomic E-state index is 0.317. The number of rotatable bonds is 4. The SMILES string of the molecule is CO[C@H]1O[C@H]([C@H](O)c2ccc(Cl)c(Cl)c2)[C@@](C)(O)[C@H]1OC. The van der Waals surface area contributed by atoms with Crippen LogP contribution in [-0.2, 0) is 14.2 Å². The van der Waals surface area contributed by atoms with Crippen molar-refractivity contribution in [3.8, 4) is 0 Å². The summed E-state index contributed by atoms with van der Waals surface area (Å²) in [6, 6.07) is 4.74. The van der Waals surface area contributed by atoms with Gasteiger partial charge in [-0.25, -0.2) is 0 Å². The molecule has 7 heteroatoms. The van der Waals surface area contributed by atoms with Crippen molar-refractivity contribution >= 4 is 23.2 Å². The zero-order valence-electron chi connectivity index (χ0n) is 11.9. The Morgan fingerprint density at radius 1 is 1.24 bits per heavy atom. The van der Waals surface area contributed by atoms with Gasteiger partial charge in [-0.2, -0.15) is 0 Å². The molecule has 1 saturated heterocycles. The van der Waals surface area contributed by atoms with Gasteiger partial charge in [-0.05, 0) is 24.6 Å². The normalized spacial score (nSPS) is 34.1. The Bertz CT molecular complexity index is 508. The molecule has 1 aliphatic rings. The van der Waals surface area contributed by atoms with Crippen LogP contribution in [-0.4, -0.2) is 48.5 Å². The summed E-state index contributed by atoms with van der Waals surface area (Å²) in [5.74, 6) is 0. The van der Waals surface area contributed by atoms with Crippen LogP contribution in [0.3, 0.4) is 0 Å². The third-order valence-electron chi connectivity index (χ3n) is 3.74. The van der Waals surface area contributed by atoms with E-state index < -0.39 is 30.2 Å². The Labute approximate surface area is 133 Å². The van der Waals surface area contributed by atoms with Crippen molar-refractivity contribution in [2.75, 3.05) is 14.2 Å². The summed E-state index contributed by atoms with van der Waals surface area (Å²) in [5, 5.41) is 21.8. The molecule has 5 nitrogen and oxygen atoms in total. The molecule has 1 aliphatic heterocycles. The fourth-order valence-corrected chi connectivity index (χ4v) is 2.89. The summed E-state index contributed by atoms with van der Waals surface area (Å²) in [6.07, 6.45) is -3.52. The second-order valence-corrected chi connectivity index (χ2v) is 5.98. The first-order valence-corrected chi connectivity index (χ1v) is 7.15. The topological polar surface area (TPSA) is 68.2 Å². The maximum Gasteiger partial charge on any atom is 0.186 e. The minimum Gasteiger partial charge on any atom is -0.386 e. The van der Waals surface area contributed by atoms with Crippen LogP contribution in [0, 0.1) is 0 Å². The molecule has 21 heavy (non-hydrogen) atoms. The van der Waals surface area contributed by atoms with Gasteiger partial charge in [0, 0.05) is 14.2 Å². The fraction of sp³-hybridized carbons (Fsp3) is 0.571. The lowest BCUT2D eigenvalue weighted by Crippen LogP contribution is -2.48. The van der Waals surface area contributed by atoms with E-state index in [-0.39, 0.29) is 0 Å². The third kappa shape index (κ3) is 3.05. The van der Waals surface area contributed by atoms with Gasteiger partial charge in [0.05, 0.1) is 10.0 Å². The first-order valence-electron chi connectivity index (χ1n) is 6.39. The van der Waals surface area contributed by atoms with Gasteiger partial charge < -0.3 is 24.4 Å². The highest BCUT2D eigenvalue weighted by Gasteiger charge is 2.56. The van der Waals surface area contributed by atoms with Crippen molar-refractivity contribution in [1.82, 2.24) is 0 Å². The van der Waals surface area contributed by atoms with E-state index in [1.54, 1.807) is 12.1 Å². The molecule has 5 atom stereocenters. The standard InChI is InChI=1S/C14H18Cl2O5/c1-14(18)11(21-13(20-3)12(14)19-2)10(17)7-4-5-8(15)9(16)6-7/h4-6,10-13,17-18H,1-3H3/t10-,11-,12+,13+,14-/m1/s1. The van der Waals surface area contributed by atoms with Gasteiger partial charge in [0.2, 0.25) is 0 Å². The molecule has 0 spiro atoms. The van der Waals surface area contributed by atoms with Crippen molar-refractivity contribution in [3.63, 3.8) is 0 Å². The average molecular weight is 337 g/mol. The van der Waals surface area contributed by atoms with E-state index in [2.05, 4.69) is 0 Å². The lowest BCUT2D eigenvalue weighted by molar-refractivity contribution is -0.168. The predicted octanol–water partition coefficient (Wildman–Crippen LogP) is 2.16. The summed E-state index contributed by atoms with van der Waals surface area (Å²) in [4.78, 5) is 0. The molecule has 118 valence electrons. The van der Waals surface area contributed by atoms with Gasteiger partial charge >= 0.3 is 0 Å². The van der Waals surface area contributed by atoms with E-state index in [4.69, 9.17) is 37.4 Å². The van der Waals surface area contributed by atoms with Crippen LogP contribution in [0.5, 0.6) is 0 Å². The predicted molar refractivity (Wildman–Crippen MR) is 78.5 cm³/mol. The van der Waals surface area contributed by atoms with Crippen molar-refractivity contribution in [1.29, 1.82) is 0 Å². The first-order chi connectivity index (χ1) is 9.82. The maximum absolute atomic E-state index is 10.6. The highest BCUT2D eigenvalue weighted by atomic mass is 35.5. The second-order valence-electron chi connectivity index (χ2n) is 5.16. The number of hydrogen-bond donors (Lipinski definition) is 2. The van der Waals surface area contributed by atoms with Gasteiger partial charge in [0.15, 0.2) is 6.29 Å². The number of halogens is 2. The molecule has 0 aliphatic carbocycles. The summed E-state index contributed by atoms with van der Waals surface area (Å²) in [5.41, 5.74) is -0.942. The van der Waals surface area contributed by atoms with Crippen molar-refractivity contribution < 1.29 is 24.4 Å². The molecule has 1 fully saturated rings. The number of hydrogen-bond acceptors (Lipinski definition) is 5. The van der Waals surface area contributed by atoms with Crippen LogP contribution in [0.25, 0.3) is 0 Å². The van der Waals surface area contributed by atoms with E-state index in [1.807, 2.05) is 0 Å². The maximum atomic E-state index is 10.6. The molecule has 0 saturated carbocycles. The number of aliphatic hydroxyl groups is 2. The fourth-order valence-electron chi connectivity index (χ4n) is 2.59. The van der Waals surface area contributed by atoms with Crippen LogP contribution < -0.4 is 0 Å². The molecule has 1 heterocycles. The molecule has 0 unspecified atom stereocenters. The Balaban J connectivity index is 2.29. The van der Waals surface area contributed by atoms with E-state index in [9.17, 15) is 10.2 Å². The van der Waals surface area contributed by atoms with Crippen molar-refractivity contribution in [3.05, 3.63) is 33.8 Å². The molecule has 2 rings (SSSR count). The number of ether oxygens (including phenoxy) is 3. The molecule has 0 amide bonds. The van der Waals surface area contributed by atoms with E-state index in [1.165, 1.54) is 27.2 Å². The second kappa shape index (κ2) is 6.38. The molecule has 0 bridgehead atoms. The monoisotopic (exact) mass is 336 g/mol. The summed E-state index contributed by atoms with van der Waals surface area (Å²) >= 11 is 11.8. The highest BCUT2D eigenvalue weighted by Crippen LogP contribution is 2.40. The molecule has 2 N–H and O–H groups in total. The van der Waals surface area contributed by atoms with Crippen molar-refractivity contribution in [2.24, 2.45) is 0 Å². The largest absolute Gasteiger partial charge is 0.386 e. The molecule has 1 aromatic carbocycles. The number of aliphatic hydroxyl groups excluding tert-OH is 1. The Kier molecular flexibility index (Phi) is 5.15. The van der Waals surface area contributed by atoms with Gasteiger partial charge in [0.25, 0.3) is 0 Å². The van der Waals surface area contributed by atoms with Crippen LogP contribution in [0.4, 0.5) is 0 Å². The smallest absolute Gasteiger partial charge is 0.186 e. The summed E-state index contributed by atoms with van der Waals surface area (Å²) < 4.78 is 16.0. The average Bonchev–Trinajstić information content (AvgIpc) is 2.71. The van der Waals surface area contributed by atoms with Crippen LogP contribution in [0.15, 0.2) is 18.2 Å². The Morgan fingerprint density at radius 2 is 1.90 bits per heavy atom. The lowest BCUT2D eigenvalue weighted by Gasteiger charge is -2.31. The zero-order valence-corrected chi connectivity index (χ0v) is 13.4. The highest BCUT2D eigenvalue weighted by molar-refractivity contribution is 6.42. The molecule has 1 aromatic rings. The molecule has 0 aromatic heterocycles. The van der Waals surface area contributed by atoms with E-state index in [0.717, 1.165) is 0 Å². The van der Waals surface area contributed by atoms with E-state index in [0.29, 0.717) is 15.6 Å². The third-order valence-corrected chi connectivity index (χ3v) is 4.48. The van der Waals surface area contributed by atoms with Crippen LogP contribution >= 0.6 is 23.2 Å². The van der Waals surface area contributed by atoms with Crippen LogP contribution in [0.1, 0.15) is 18.6 Å². The number of methoxy groups -OCH3 is 2. The first kappa shape index (κ1) is 17.0. The summed E-state index contributed by atoms with van der Waals surface area (Å²) in [6.45, 7) is 1.53. The van der Waals surface area contributed by atoms with Crippen molar-refractivity contribution in [2.45, 2.75) is 37.1 Å². The van der Waals surface area contributed by atoms with Gasteiger partial charge in [-0.15, -0.1) is 0 Å². The van der Waals surface area contributed by atoms with Gasteiger partial charge in [-0.3, -0.25) is 0 Å². The van der Waals surface area contributed by atoms with E-state index >= 15 is 0 Å². The van der Waals surface area contributed by atoms with Crippen LogP contribution in [0.2, 0.25) is 10.0 Å². The molecule has 0 radical (unpaired) electrons. The Morgan fingerprint density at radius 3 is 2.38 bits per heavy atom.